The number of rotatable bonds is 7. The van der Waals surface area contributed by atoms with Crippen LogP contribution in [0, 0.1) is 0 Å². The van der Waals surface area contributed by atoms with Crippen molar-refractivity contribution >= 4 is 27.8 Å². The van der Waals surface area contributed by atoms with Crippen LogP contribution in [0.1, 0.15) is 0 Å². The van der Waals surface area contributed by atoms with Gasteiger partial charge < -0.3 is 4.90 Å². The van der Waals surface area contributed by atoms with Crippen molar-refractivity contribution in [2.75, 3.05) is 4.90 Å². The third kappa shape index (κ3) is 5.72. The Morgan fingerprint density at radius 3 is 1.38 bits per heavy atom. The van der Waals surface area contributed by atoms with Crippen LogP contribution in [0.15, 0.2) is 200 Å². The first-order valence-corrected chi connectivity index (χ1v) is 16.1. The minimum atomic E-state index is 1.11. The lowest BCUT2D eigenvalue weighted by atomic mass is 9.93. The summed E-state index contributed by atoms with van der Waals surface area (Å²) in [4.78, 5) is 2.35. The van der Waals surface area contributed by atoms with Crippen LogP contribution < -0.4 is 4.90 Å². The number of anilines is 3. The van der Waals surface area contributed by atoms with Crippen LogP contribution in [0.25, 0.3) is 55.3 Å². The summed E-state index contributed by atoms with van der Waals surface area (Å²) in [5.41, 5.74) is 13.0. The van der Waals surface area contributed by atoms with Crippen molar-refractivity contribution in [2.24, 2.45) is 0 Å². The fourth-order valence-electron chi connectivity index (χ4n) is 6.56. The molecule has 0 amide bonds. The summed E-state index contributed by atoms with van der Waals surface area (Å²) in [6, 6.07) is 71.8. The molecule has 0 aliphatic carbocycles. The Morgan fingerprint density at radius 1 is 0.255 bits per heavy atom. The number of hydrogen-bond acceptors (Lipinski definition) is 1. The van der Waals surface area contributed by atoms with Gasteiger partial charge in [-0.25, -0.2) is 0 Å². The highest BCUT2D eigenvalue weighted by Gasteiger charge is 2.17. The van der Waals surface area contributed by atoms with E-state index in [9.17, 15) is 0 Å². The first kappa shape index (κ1) is 28.3. The molecule has 8 aromatic rings. The predicted molar refractivity (Wildman–Crippen MR) is 200 cm³/mol. The van der Waals surface area contributed by atoms with Crippen LogP contribution in [-0.4, -0.2) is 0 Å². The maximum atomic E-state index is 2.35. The molecule has 47 heavy (non-hydrogen) atoms. The second-order valence-corrected chi connectivity index (χ2v) is 11.8. The van der Waals surface area contributed by atoms with Gasteiger partial charge in [-0.15, -0.1) is 0 Å². The summed E-state index contributed by atoms with van der Waals surface area (Å²) >= 11 is 0. The third-order valence-corrected chi connectivity index (χ3v) is 8.85. The van der Waals surface area contributed by atoms with Gasteiger partial charge >= 0.3 is 0 Å². The molecule has 0 bridgehead atoms. The van der Waals surface area contributed by atoms with Crippen LogP contribution in [0.5, 0.6) is 0 Å². The highest BCUT2D eigenvalue weighted by molar-refractivity contribution is 6.00. The fourth-order valence-corrected chi connectivity index (χ4v) is 6.56. The lowest BCUT2D eigenvalue weighted by Gasteiger charge is -2.27. The van der Waals surface area contributed by atoms with Crippen LogP contribution in [0.4, 0.5) is 17.1 Å². The second-order valence-electron chi connectivity index (χ2n) is 11.8. The standard InChI is InChI=1S/C46H33N/c1-5-15-35(16-6-1)44-30-29-42(33-46(44)37-19-9-3-10-20-37)47(40-22-11-4-12-23-40)41-27-25-34(26-28-41)39-31-38-21-13-14-24-43(38)45(32-39)36-17-7-2-8-18-36/h1-33H. The monoisotopic (exact) mass is 599 g/mol. The van der Waals surface area contributed by atoms with Crippen molar-refractivity contribution in [1.82, 2.24) is 0 Å². The lowest BCUT2D eigenvalue weighted by Crippen LogP contribution is -2.10. The van der Waals surface area contributed by atoms with Crippen LogP contribution in [0.3, 0.4) is 0 Å². The molecule has 0 aliphatic heterocycles. The summed E-state index contributed by atoms with van der Waals surface area (Å²) in [7, 11) is 0. The first-order chi connectivity index (χ1) is 23.3. The van der Waals surface area contributed by atoms with Crippen molar-refractivity contribution in [1.29, 1.82) is 0 Å². The zero-order chi connectivity index (χ0) is 31.4. The van der Waals surface area contributed by atoms with Crippen LogP contribution in [0.2, 0.25) is 0 Å². The molecule has 0 aromatic heterocycles. The maximum Gasteiger partial charge on any atom is 0.0468 e. The molecule has 1 heteroatoms. The first-order valence-electron chi connectivity index (χ1n) is 16.1. The Labute approximate surface area is 276 Å². The van der Waals surface area contributed by atoms with Crippen LogP contribution in [-0.2, 0) is 0 Å². The largest absolute Gasteiger partial charge is 0.310 e. The predicted octanol–water partition coefficient (Wildman–Crippen LogP) is 13.0. The molecule has 0 saturated heterocycles. The summed E-state index contributed by atoms with van der Waals surface area (Å²) in [6.07, 6.45) is 0. The van der Waals surface area contributed by atoms with E-state index >= 15 is 0 Å². The zero-order valence-corrected chi connectivity index (χ0v) is 26.0. The fraction of sp³-hybridized carbons (Fsp3) is 0. The van der Waals surface area contributed by atoms with Gasteiger partial charge in [0.05, 0.1) is 0 Å². The third-order valence-electron chi connectivity index (χ3n) is 8.85. The Bertz CT molecular complexity index is 2260. The Morgan fingerprint density at radius 2 is 0.745 bits per heavy atom. The molecule has 0 heterocycles. The Kier molecular flexibility index (Phi) is 7.63. The molecule has 0 atom stereocenters. The molecule has 0 radical (unpaired) electrons. The van der Waals surface area contributed by atoms with Gasteiger partial charge in [0.1, 0.15) is 0 Å². The minimum absolute atomic E-state index is 1.11. The minimum Gasteiger partial charge on any atom is -0.310 e. The van der Waals surface area contributed by atoms with E-state index in [0.29, 0.717) is 0 Å². The lowest BCUT2D eigenvalue weighted by molar-refractivity contribution is 1.28. The molecule has 1 nitrogen and oxygen atoms in total. The summed E-state index contributed by atoms with van der Waals surface area (Å²) in [6.45, 7) is 0. The van der Waals surface area contributed by atoms with Gasteiger partial charge in [0.25, 0.3) is 0 Å². The van der Waals surface area contributed by atoms with Crippen molar-refractivity contribution in [2.45, 2.75) is 0 Å². The summed E-state index contributed by atoms with van der Waals surface area (Å²) < 4.78 is 0. The Balaban J connectivity index is 1.24. The van der Waals surface area contributed by atoms with E-state index < -0.39 is 0 Å². The van der Waals surface area contributed by atoms with Gasteiger partial charge in [-0.05, 0) is 104 Å². The summed E-state index contributed by atoms with van der Waals surface area (Å²) in [5, 5.41) is 2.51. The number of nitrogens with zero attached hydrogens (tertiary/aromatic N) is 1. The topological polar surface area (TPSA) is 3.24 Å². The molecular weight excluding hydrogens is 567 g/mol. The van der Waals surface area contributed by atoms with Gasteiger partial charge in [-0.2, -0.15) is 0 Å². The van der Waals surface area contributed by atoms with E-state index in [0.717, 1.165) is 17.1 Å². The van der Waals surface area contributed by atoms with Crippen molar-refractivity contribution in [3.63, 3.8) is 0 Å². The van der Waals surface area contributed by atoms with E-state index in [1.54, 1.807) is 0 Å². The van der Waals surface area contributed by atoms with E-state index in [1.807, 2.05) is 0 Å². The molecule has 0 fully saturated rings. The maximum absolute atomic E-state index is 2.35. The molecule has 8 aromatic carbocycles. The molecule has 0 saturated carbocycles. The van der Waals surface area contributed by atoms with E-state index in [-0.39, 0.29) is 0 Å². The average molecular weight is 600 g/mol. The van der Waals surface area contributed by atoms with Crippen molar-refractivity contribution < 1.29 is 0 Å². The van der Waals surface area contributed by atoms with Gasteiger partial charge in [0.2, 0.25) is 0 Å². The van der Waals surface area contributed by atoms with Crippen LogP contribution >= 0.6 is 0 Å². The molecule has 0 N–H and O–H groups in total. The summed E-state index contributed by atoms with van der Waals surface area (Å²) in [5.74, 6) is 0. The van der Waals surface area contributed by atoms with Crippen molar-refractivity contribution in [3.05, 3.63) is 200 Å². The number of fused-ring (bicyclic) bond motifs is 1. The van der Waals surface area contributed by atoms with Crippen molar-refractivity contribution in [3.8, 4) is 44.5 Å². The van der Waals surface area contributed by atoms with Gasteiger partial charge in [-0.3, -0.25) is 0 Å². The molecule has 8 rings (SSSR count). The zero-order valence-electron chi connectivity index (χ0n) is 26.0. The number of hydrogen-bond donors (Lipinski definition) is 0. The van der Waals surface area contributed by atoms with E-state index in [2.05, 4.69) is 205 Å². The molecule has 0 spiro atoms. The van der Waals surface area contributed by atoms with Gasteiger partial charge in [0, 0.05) is 17.1 Å². The van der Waals surface area contributed by atoms with E-state index in [1.165, 1.54) is 55.3 Å². The average Bonchev–Trinajstić information content (AvgIpc) is 3.16. The Hall–Kier alpha value is -6.18. The highest BCUT2D eigenvalue weighted by atomic mass is 15.1. The molecular formula is C46H33N. The van der Waals surface area contributed by atoms with E-state index in [4.69, 9.17) is 0 Å². The number of para-hydroxylation sites is 1. The normalized spacial score (nSPS) is 11.0. The highest BCUT2D eigenvalue weighted by Crippen LogP contribution is 2.41. The SMILES string of the molecule is c1ccc(-c2ccc(N(c3ccccc3)c3ccc(-c4cc(-c5ccccc5)c5ccccc5c4)cc3)cc2-c2ccccc2)cc1. The smallest absolute Gasteiger partial charge is 0.0468 e. The van der Waals surface area contributed by atoms with Gasteiger partial charge in [0.15, 0.2) is 0 Å². The number of benzene rings is 8. The van der Waals surface area contributed by atoms with Gasteiger partial charge in [-0.1, -0.05) is 152 Å². The molecule has 0 aliphatic rings. The second kappa shape index (κ2) is 12.7. The molecule has 222 valence electrons. The molecule has 0 unspecified atom stereocenters. The quantitative estimate of drug-likeness (QED) is 0.176.